The molecule has 4 heteroatoms. The van der Waals surface area contributed by atoms with Gasteiger partial charge in [0.15, 0.2) is 0 Å². The van der Waals surface area contributed by atoms with Crippen LogP contribution in [0.4, 0.5) is 8.78 Å². The molecule has 0 atom stereocenters. The Hall–Kier alpha value is -1.29. The van der Waals surface area contributed by atoms with Gasteiger partial charge in [-0.25, -0.2) is 13.8 Å². The molecule has 0 aliphatic heterocycles. The third kappa shape index (κ3) is 2.04. The first-order chi connectivity index (χ1) is 7.20. The summed E-state index contributed by atoms with van der Waals surface area (Å²) >= 11 is 1.33. The molecule has 1 heterocycles. The van der Waals surface area contributed by atoms with Crippen molar-refractivity contribution in [3.8, 4) is 10.6 Å². The smallest absolute Gasteiger partial charge is 0.133 e. The third-order valence-corrected chi connectivity index (χ3v) is 3.00. The summed E-state index contributed by atoms with van der Waals surface area (Å²) in [6, 6.07) is 3.40. The summed E-state index contributed by atoms with van der Waals surface area (Å²) in [7, 11) is 0. The van der Waals surface area contributed by atoms with Crippen LogP contribution in [0.3, 0.4) is 0 Å². The van der Waals surface area contributed by atoms with Crippen LogP contribution in [-0.2, 0) is 6.42 Å². The predicted molar refractivity (Wildman–Crippen MR) is 56.8 cm³/mol. The number of rotatable bonds is 2. The molecule has 0 amide bonds. The van der Waals surface area contributed by atoms with Crippen LogP contribution in [0.25, 0.3) is 10.6 Å². The van der Waals surface area contributed by atoms with Crippen molar-refractivity contribution in [3.05, 3.63) is 40.9 Å². The van der Waals surface area contributed by atoms with Crippen LogP contribution >= 0.6 is 11.3 Å². The standard InChI is InChI=1S/C11H9F2NS/c1-2-8-6-15-11(14-8)9-5-7(12)3-4-10(9)13/h3-6H,2H2,1H3. The topological polar surface area (TPSA) is 12.9 Å². The summed E-state index contributed by atoms with van der Waals surface area (Å²) in [6.07, 6.45) is 0.799. The van der Waals surface area contributed by atoms with Crippen molar-refractivity contribution in [1.29, 1.82) is 0 Å². The minimum Gasteiger partial charge on any atom is -0.241 e. The molecule has 15 heavy (non-hydrogen) atoms. The molecule has 2 rings (SSSR count). The van der Waals surface area contributed by atoms with E-state index < -0.39 is 11.6 Å². The monoisotopic (exact) mass is 225 g/mol. The number of halogens is 2. The van der Waals surface area contributed by atoms with E-state index in [0.29, 0.717) is 5.01 Å². The molecular weight excluding hydrogens is 216 g/mol. The van der Waals surface area contributed by atoms with Gasteiger partial charge < -0.3 is 0 Å². The van der Waals surface area contributed by atoms with E-state index in [4.69, 9.17) is 0 Å². The van der Waals surface area contributed by atoms with Gasteiger partial charge in [0.1, 0.15) is 16.6 Å². The van der Waals surface area contributed by atoms with Gasteiger partial charge in [-0.3, -0.25) is 0 Å². The van der Waals surface area contributed by atoms with Crippen molar-refractivity contribution in [2.45, 2.75) is 13.3 Å². The lowest BCUT2D eigenvalue weighted by atomic mass is 10.2. The molecule has 0 aliphatic rings. The van der Waals surface area contributed by atoms with Gasteiger partial charge >= 0.3 is 0 Å². The Balaban J connectivity index is 2.48. The van der Waals surface area contributed by atoms with Crippen LogP contribution in [0.5, 0.6) is 0 Å². The second-order valence-electron chi connectivity index (χ2n) is 3.12. The molecule has 1 aromatic heterocycles. The molecule has 78 valence electrons. The fraction of sp³-hybridized carbons (Fsp3) is 0.182. The fourth-order valence-electron chi connectivity index (χ4n) is 1.25. The molecule has 1 aromatic carbocycles. The molecule has 1 nitrogen and oxygen atoms in total. The molecule has 0 bridgehead atoms. The molecule has 0 unspecified atom stereocenters. The van der Waals surface area contributed by atoms with Gasteiger partial charge in [0.2, 0.25) is 0 Å². The number of hydrogen-bond donors (Lipinski definition) is 0. The number of thiazole rings is 1. The van der Waals surface area contributed by atoms with E-state index in [2.05, 4.69) is 4.98 Å². The van der Waals surface area contributed by atoms with E-state index in [9.17, 15) is 8.78 Å². The quantitative estimate of drug-likeness (QED) is 0.760. The SMILES string of the molecule is CCc1csc(-c2cc(F)ccc2F)n1. The van der Waals surface area contributed by atoms with E-state index >= 15 is 0 Å². The van der Waals surface area contributed by atoms with Gasteiger partial charge in [-0.1, -0.05) is 6.92 Å². The minimum atomic E-state index is -0.445. The highest BCUT2D eigenvalue weighted by atomic mass is 32.1. The van der Waals surface area contributed by atoms with E-state index in [1.807, 2.05) is 12.3 Å². The molecule has 2 aromatic rings. The second kappa shape index (κ2) is 4.06. The molecule has 0 saturated heterocycles. The first-order valence-electron chi connectivity index (χ1n) is 4.60. The van der Waals surface area contributed by atoms with Crippen LogP contribution in [0.15, 0.2) is 23.6 Å². The number of benzene rings is 1. The zero-order chi connectivity index (χ0) is 10.8. The summed E-state index contributed by atoms with van der Waals surface area (Å²) < 4.78 is 26.3. The van der Waals surface area contributed by atoms with Crippen molar-refractivity contribution in [2.75, 3.05) is 0 Å². The summed E-state index contributed by atoms with van der Waals surface area (Å²) in [6.45, 7) is 1.97. The van der Waals surface area contributed by atoms with Crippen molar-refractivity contribution in [2.24, 2.45) is 0 Å². The van der Waals surface area contributed by atoms with Gasteiger partial charge in [0.25, 0.3) is 0 Å². The van der Waals surface area contributed by atoms with Crippen LogP contribution in [-0.4, -0.2) is 4.98 Å². The van der Waals surface area contributed by atoms with Gasteiger partial charge in [-0.2, -0.15) is 0 Å². The predicted octanol–water partition coefficient (Wildman–Crippen LogP) is 3.65. The molecule has 0 saturated carbocycles. The Morgan fingerprint density at radius 1 is 1.33 bits per heavy atom. The zero-order valence-corrected chi connectivity index (χ0v) is 8.94. The van der Waals surface area contributed by atoms with Crippen LogP contribution in [0.1, 0.15) is 12.6 Å². The molecule has 0 spiro atoms. The maximum Gasteiger partial charge on any atom is 0.133 e. The van der Waals surface area contributed by atoms with Gasteiger partial charge in [-0.05, 0) is 24.6 Å². The maximum atomic E-state index is 13.4. The first-order valence-corrected chi connectivity index (χ1v) is 5.48. The summed E-state index contributed by atoms with van der Waals surface area (Å²) in [4.78, 5) is 4.21. The largest absolute Gasteiger partial charge is 0.241 e. The Labute approximate surface area is 90.4 Å². The summed E-state index contributed by atoms with van der Waals surface area (Å²) in [5, 5.41) is 2.39. The third-order valence-electron chi connectivity index (χ3n) is 2.07. The van der Waals surface area contributed by atoms with E-state index in [-0.39, 0.29) is 5.56 Å². The Morgan fingerprint density at radius 2 is 2.13 bits per heavy atom. The minimum absolute atomic E-state index is 0.236. The van der Waals surface area contributed by atoms with Gasteiger partial charge in [0.05, 0.1) is 5.69 Å². The average molecular weight is 225 g/mol. The van der Waals surface area contributed by atoms with Crippen molar-refractivity contribution >= 4 is 11.3 Å². The van der Waals surface area contributed by atoms with Gasteiger partial charge in [-0.15, -0.1) is 11.3 Å². The van der Waals surface area contributed by atoms with Crippen molar-refractivity contribution in [3.63, 3.8) is 0 Å². The maximum absolute atomic E-state index is 13.4. The molecule has 0 N–H and O–H groups in total. The van der Waals surface area contributed by atoms with Gasteiger partial charge in [0, 0.05) is 10.9 Å². The number of nitrogens with zero attached hydrogens (tertiary/aromatic N) is 1. The van der Waals surface area contributed by atoms with E-state index in [1.165, 1.54) is 17.4 Å². The Bertz CT molecular complexity index is 479. The highest BCUT2D eigenvalue weighted by Gasteiger charge is 2.10. The fourth-order valence-corrected chi connectivity index (χ4v) is 2.17. The van der Waals surface area contributed by atoms with Crippen molar-refractivity contribution in [1.82, 2.24) is 4.98 Å². The van der Waals surface area contributed by atoms with E-state index in [0.717, 1.165) is 24.2 Å². The van der Waals surface area contributed by atoms with Crippen LogP contribution in [0.2, 0.25) is 0 Å². The molecule has 0 aliphatic carbocycles. The first kappa shape index (κ1) is 10.2. The Kier molecular flexibility index (Phi) is 2.77. The van der Waals surface area contributed by atoms with Crippen LogP contribution in [0, 0.1) is 11.6 Å². The molecular formula is C11H9F2NS. The second-order valence-corrected chi connectivity index (χ2v) is 3.98. The van der Waals surface area contributed by atoms with Crippen molar-refractivity contribution < 1.29 is 8.78 Å². The van der Waals surface area contributed by atoms with E-state index in [1.54, 1.807) is 0 Å². The zero-order valence-electron chi connectivity index (χ0n) is 8.13. The lowest BCUT2D eigenvalue weighted by molar-refractivity contribution is 0.603. The lowest BCUT2D eigenvalue weighted by Gasteiger charge is -1.98. The van der Waals surface area contributed by atoms with Crippen LogP contribution < -0.4 is 0 Å². The number of aryl methyl sites for hydroxylation is 1. The average Bonchev–Trinajstić information content (AvgIpc) is 2.70. The lowest BCUT2D eigenvalue weighted by Crippen LogP contribution is -1.86. The summed E-state index contributed by atoms with van der Waals surface area (Å²) in [5.41, 5.74) is 1.14. The molecule has 0 fully saturated rings. The highest BCUT2D eigenvalue weighted by molar-refractivity contribution is 7.13. The normalized spacial score (nSPS) is 10.6. The number of hydrogen-bond acceptors (Lipinski definition) is 2. The molecule has 0 radical (unpaired) electrons. The summed E-state index contributed by atoms with van der Waals surface area (Å²) in [5.74, 6) is -0.881. The highest BCUT2D eigenvalue weighted by Crippen LogP contribution is 2.27. The Morgan fingerprint density at radius 3 is 2.80 bits per heavy atom. The number of aromatic nitrogens is 1.